The molecule has 0 saturated carbocycles. The van der Waals surface area contributed by atoms with Crippen molar-refractivity contribution in [2.75, 3.05) is 13.2 Å². The van der Waals surface area contributed by atoms with E-state index in [4.69, 9.17) is 4.74 Å². The molecule has 116 valence electrons. The van der Waals surface area contributed by atoms with Crippen LogP contribution in [0.5, 0.6) is 5.75 Å². The van der Waals surface area contributed by atoms with Crippen LogP contribution < -0.4 is 10.1 Å². The summed E-state index contributed by atoms with van der Waals surface area (Å²) >= 11 is 0. The lowest BCUT2D eigenvalue weighted by atomic mass is 9.96. The Kier molecular flexibility index (Phi) is 3.38. The normalized spacial score (nSPS) is 16.6. The highest BCUT2D eigenvalue weighted by Gasteiger charge is 2.20. The largest absolute Gasteiger partial charge is 0.493 e. The zero-order valence-electron chi connectivity index (χ0n) is 12.3. The molecule has 1 atom stereocenters. The average molecular weight is 309 g/mol. The first-order valence-corrected chi connectivity index (χ1v) is 7.46. The summed E-state index contributed by atoms with van der Waals surface area (Å²) in [5, 5.41) is 14.1. The van der Waals surface area contributed by atoms with Gasteiger partial charge in [0.15, 0.2) is 5.65 Å². The number of carbonyl (C=O) groups excluding carboxylic acids is 1. The number of tetrazole rings is 1. The van der Waals surface area contributed by atoms with Crippen molar-refractivity contribution < 1.29 is 9.53 Å². The number of hydrogen-bond acceptors (Lipinski definition) is 5. The van der Waals surface area contributed by atoms with Crippen molar-refractivity contribution in [2.24, 2.45) is 5.92 Å². The molecule has 1 amide bonds. The van der Waals surface area contributed by atoms with Gasteiger partial charge in [-0.2, -0.15) is 0 Å². The van der Waals surface area contributed by atoms with Gasteiger partial charge in [-0.25, -0.2) is 4.52 Å². The van der Waals surface area contributed by atoms with Crippen LogP contribution in [0.3, 0.4) is 0 Å². The Morgan fingerprint density at radius 2 is 2.26 bits per heavy atom. The molecule has 0 radical (unpaired) electrons. The SMILES string of the molecule is O=C(NC[C@H]1COc2ccccc2C1)c1ccn2nnnc2c1. The fraction of sp³-hybridized carbons (Fsp3) is 0.250. The molecule has 7 nitrogen and oxygen atoms in total. The maximum absolute atomic E-state index is 12.3. The molecule has 3 heterocycles. The quantitative estimate of drug-likeness (QED) is 0.783. The van der Waals surface area contributed by atoms with E-state index in [1.54, 1.807) is 18.3 Å². The van der Waals surface area contributed by atoms with Crippen LogP contribution in [-0.4, -0.2) is 39.1 Å². The number of ether oxygens (including phenoxy) is 1. The molecule has 23 heavy (non-hydrogen) atoms. The number of hydrogen-bond donors (Lipinski definition) is 1. The lowest BCUT2D eigenvalue weighted by Crippen LogP contribution is -2.34. The van der Waals surface area contributed by atoms with Crippen molar-refractivity contribution in [3.63, 3.8) is 0 Å². The van der Waals surface area contributed by atoms with E-state index in [1.165, 1.54) is 10.1 Å². The number of benzene rings is 1. The van der Waals surface area contributed by atoms with Gasteiger partial charge >= 0.3 is 0 Å². The van der Waals surface area contributed by atoms with Crippen LogP contribution in [0.25, 0.3) is 5.65 Å². The van der Waals surface area contributed by atoms with Crippen LogP contribution in [-0.2, 0) is 6.42 Å². The number of carbonyl (C=O) groups is 1. The van der Waals surface area contributed by atoms with Crippen molar-refractivity contribution >= 4 is 11.6 Å². The van der Waals surface area contributed by atoms with Gasteiger partial charge in [-0.05, 0) is 40.6 Å². The number of nitrogens with zero attached hydrogens (tertiary/aromatic N) is 4. The van der Waals surface area contributed by atoms with E-state index >= 15 is 0 Å². The zero-order chi connectivity index (χ0) is 15.6. The number of amides is 1. The lowest BCUT2D eigenvalue weighted by Gasteiger charge is -2.25. The van der Waals surface area contributed by atoms with Crippen LogP contribution in [0.1, 0.15) is 15.9 Å². The standard InChI is InChI=1S/C16H15N5O2/c22-16(13-5-6-21-15(8-13)18-19-20-21)17-9-11-7-12-3-1-2-4-14(12)23-10-11/h1-6,8,11H,7,9-10H2,(H,17,22)/t11-/m0/s1. The van der Waals surface area contributed by atoms with E-state index in [0.717, 1.165) is 12.2 Å². The molecule has 1 aliphatic heterocycles. The third-order valence-electron chi connectivity index (χ3n) is 3.97. The zero-order valence-corrected chi connectivity index (χ0v) is 12.3. The molecule has 0 saturated heterocycles. The van der Waals surface area contributed by atoms with Gasteiger partial charge in [-0.3, -0.25) is 4.79 Å². The van der Waals surface area contributed by atoms with Gasteiger partial charge < -0.3 is 10.1 Å². The lowest BCUT2D eigenvalue weighted by molar-refractivity contribution is 0.0939. The van der Waals surface area contributed by atoms with Crippen LogP contribution in [0, 0.1) is 5.92 Å². The number of rotatable bonds is 3. The minimum atomic E-state index is -0.130. The summed E-state index contributed by atoms with van der Waals surface area (Å²) in [6.45, 7) is 1.19. The van der Waals surface area contributed by atoms with Crippen molar-refractivity contribution in [3.8, 4) is 5.75 Å². The van der Waals surface area contributed by atoms with Crippen molar-refractivity contribution in [3.05, 3.63) is 53.7 Å². The van der Waals surface area contributed by atoms with Gasteiger partial charge in [-0.15, -0.1) is 5.10 Å². The Labute approximate surface area is 132 Å². The molecule has 0 spiro atoms. The summed E-state index contributed by atoms with van der Waals surface area (Å²) in [5.41, 5.74) is 2.28. The van der Waals surface area contributed by atoms with E-state index in [1.807, 2.05) is 18.2 Å². The van der Waals surface area contributed by atoms with E-state index in [0.29, 0.717) is 24.4 Å². The maximum atomic E-state index is 12.3. The van der Waals surface area contributed by atoms with Crippen molar-refractivity contribution in [2.45, 2.75) is 6.42 Å². The number of nitrogens with one attached hydrogen (secondary N) is 1. The first-order valence-electron chi connectivity index (χ1n) is 7.46. The number of aromatic nitrogens is 4. The molecule has 1 aromatic carbocycles. The third kappa shape index (κ3) is 2.73. The average Bonchev–Trinajstić information content (AvgIpc) is 3.07. The second-order valence-electron chi connectivity index (χ2n) is 5.60. The minimum absolute atomic E-state index is 0.130. The molecule has 3 aromatic rings. The summed E-state index contributed by atoms with van der Waals surface area (Å²) < 4.78 is 7.26. The monoisotopic (exact) mass is 309 g/mol. The summed E-state index contributed by atoms with van der Waals surface area (Å²) in [6.07, 6.45) is 2.58. The first kappa shape index (κ1) is 13.7. The molecular formula is C16H15N5O2. The smallest absolute Gasteiger partial charge is 0.251 e. The van der Waals surface area contributed by atoms with Crippen molar-refractivity contribution in [1.29, 1.82) is 0 Å². The Morgan fingerprint density at radius 1 is 1.35 bits per heavy atom. The summed E-state index contributed by atoms with van der Waals surface area (Å²) in [6, 6.07) is 11.4. The van der Waals surface area contributed by atoms with Crippen LogP contribution in [0.15, 0.2) is 42.6 Å². The van der Waals surface area contributed by atoms with E-state index in [9.17, 15) is 4.79 Å². The van der Waals surface area contributed by atoms with E-state index in [-0.39, 0.29) is 11.8 Å². The fourth-order valence-electron chi connectivity index (χ4n) is 2.74. The second-order valence-corrected chi connectivity index (χ2v) is 5.60. The topological polar surface area (TPSA) is 81.4 Å². The predicted molar refractivity (Wildman–Crippen MR) is 82.2 cm³/mol. The molecule has 1 N–H and O–H groups in total. The molecule has 4 rings (SSSR count). The highest BCUT2D eigenvalue weighted by atomic mass is 16.5. The number of pyridine rings is 1. The number of fused-ring (bicyclic) bond motifs is 2. The van der Waals surface area contributed by atoms with Gasteiger partial charge in [0, 0.05) is 24.2 Å². The fourth-order valence-corrected chi connectivity index (χ4v) is 2.74. The van der Waals surface area contributed by atoms with Gasteiger partial charge in [0.2, 0.25) is 0 Å². The van der Waals surface area contributed by atoms with Crippen LogP contribution >= 0.6 is 0 Å². The van der Waals surface area contributed by atoms with Gasteiger partial charge in [-0.1, -0.05) is 18.2 Å². The predicted octanol–water partition coefficient (Wildman–Crippen LogP) is 1.11. The minimum Gasteiger partial charge on any atom is -0.493 e. The number of para-hydroxylation sites is 1. The highest BCUT2D eigenvalue weighted by Crippen LogP contribution is 2.26. The molecule has 2 aromatic heterocycles. The highest BCUT2D eigenvalue weighted by molar-refractivity contribution is 5.94. The summed E-state index contributed by atoms with van der Waals surface area (Å²) in [7, 11) is 0. The van der Waals surface area contributed by atoms with Gasteiger partial charge in [0.05, 0.1) is 6.61 Å². The maximum Gasteiger partial charge on any atom is 0.251 e. The molecule has 7 heteroatoms. The Balaban J connectivity index is 1.40. The third-order valence-corrected chi connectivity index (χ3v) is 3.97. The van der Waals surface area contributed by atoms with E-state index in [2.05, 4.69) is 26.9 Å². The molecule has 0 bridgehead atoms. The Bertz CT molecular complexity index is 860. The summed E-state index contributed by atoms with van der Waals surface area (Å²) in [5.74, 6) is 1.08. The van der Waals surface area contributed by atoms with Crippen LogP contribution in [0.4, 0.5) is 0 Å². The Hall–Kier alpha value is -2.96. The molecule has 0 unspecified atom stereocenters. The molecule has 0 aliphatic carbocycles. The first-order chi connectivity index (χ1) is 11.3. The van der Waals surface area contributed by atoms with Gasteiger partial charge in [0.25, 0.3) is 5.91 Å². The van der Waals surface area contributed by atoms with Crippen LogP contribution in [0.2, 0.25) is 0 Å². The Morgan fingerprint density at radius 3 is 3.22 bits per heavy atom. The van der Waals surface area contributed by atoms with Gasteiger partial charge in [0.1, 0.15) is 5.75 Å². The molecule has 1 aliphatic rings. The summed E-state index contributed by atoms with van der Waals surface area (Å²) in [4.78, 5) is 12.3. The molecule has 0 fully saturated rings. The second kappa shape index (κ2) is 5.68. The van der Waals surface area contributed by atoms with Crippen molar-refractivity contribution in [1.82, 2.24) is 25.4 Å². The molecular weight excluding hydrogens is 294 g/mol. The van der Waals surface area contributed by atoms with E-state index < -0.39 is 0 Å².